The van der Waals surface area contributed by atoms with E-state index in [0.717, 1.165) is 28.8 Å². The first-order valence-corrected chi connectivity index (χ1v) is 11.2. The van der Waals surface area contributed by atoms with Crippen molar-refractivity contribution < 1.29 is 9.53 Å². The van der Waals surface area contributed by atoms with Gasteiger partial charge < -0.3 is 14.0 Å². The van der Waals surface area contributed by atoms with Gasteiger partial charge in [-0.05, 0) is 29.7 Å². The molecule has 3 heterocycles. The fourth-order valence-corrected chi connectivity index (χ4v) is 4.62. The van der Waals surface area contributed by atoms with Crippen LogP contribution in [0.1, 0.15) is 22.7 Å². The molecule has 1 atom stereocenters. The van der Waals surface area contributed by atoms with Crippen LogP contribution in [0.2, 0.25) is 0 Å². The summed E-state index contributed by atoms with van der Waals surface area (Å²) in [5.41, 5.74) is 4.19. The van der Waals surface area contributed by atoms with Crippen LogP contribution in [-0.4, -0.2) is 46.5 Å². The Hall–Kier alpha value is -3.44. The predicted molar refractivity (Wildman–Crippen MR) is 125 cm³/mol. The molecule has 5 nitrogen and oxygen atoms in total. The summed E-state index contributed by atoms with van der Waals surface area (Å²) in [6.45, 7) is 2.46. The fraction of sp³-hybridized carbons (Fsp3) is 0.259. The number of ether oxygens (including phenoxy) is 1. The van der Waals surface area contributed by atoms with Crippen LogP contribution in [0.3, 0.4) is 0 Å². The van der Waals surface area contributed by atoms with E-state index in [-0.39, 0.29) is 17.7 Å². The van der Waals surface area contributed by atoms with E-state index in [0.29, 0.717) is 26.3 Å². The van der Waals surface area contributed by atoms with Crippen molar-refractivity contribution in [3.8, 4) is 0 Å². The monoisotopic (exact) mass is 425 g/mol. The van der Waals surface area contributed by atoms with Gasteiger partial charge in [-0.1, -0.05) is 60.7 Å². The van der Waals surface area contributed by atoms with Gasteiger partial charge in [-0.2, -0.15) is 0 Å². The first-order chi connectivity index (χ1) is 15.8. The van der Waals surface area contributed by atoms with Crippen LogP contribution in [0.4, 0.5) is 0 Å². The van der Waals surface area contributed by atoms with Gasteiger partial charge >= 0.3 is 0 Å². The van der Waals surface area contributed by atoms with Crippen molar-refractivity contribution in [3.05, 3.63) is 108 Å². The zero-order valence-corrected chi connectivity index (χ0v) is 18.0. The number of hydrogen-bond acceptors (Lipinski definition) is 3. The number of carbonyl (C=O) groups excluding carboxylic acids is 1. The minimum absolute atomic E-state index is 0.131. The van der Waals surface area contributed by atoms with Crippen LogP contribution in [0, 0.1) is 5.92 Å². The molecule has 162 valence electrons. The Balaban J connectivity index is 1.40. The van der Waals surface area contributed by atoms with E-state index in [9.17, 15) is 4.79 Å². The molecule has 0 unspecified atom stereocenters. The van der Waals surface area contributed by atoms with Gasteiger partial charge in [0.25, 0.3) is 0 Å². The Labute approximate surface area is 188 Å². The minimum Gasteiger partial charge on any atom is -0.379 e. The van der Waals surface area contributed by atoms with E-state index in [1.807, 2.05) is 90.2 Å². The van der Waals surface area contributed by atoms with Crippen molar-refractivity contribution in [3.63, 3.8) is 0 Å². The van der Waals surface area contributed by atoms with Gasteiger partial charge in [0.15, 0.2) is 0 Å². The third-order valence-corrected chi connectivity index (χ3v) is 6.18. The van der Waals surface area contributed by atoms with Crippen molar-refractivity contribution >= 4 is 11.4 Å². The van der Waals surface area contributed by atoms with Crippen LogP contribution in [0.25, 0.3) is 5.52 Å². The van der Waals surface area contributed by atoms with E-state index in [4.69, 9.17) is 4.74 Å². The summed E-state index contributed by atoms with van der Waals surface area (Å²) in [5, 5.41) is 0. The maximum absolute atomic E-state index is 13.9. The largest absolute Gasteiger partial charge is 0.379 e. The first-order valence-electron chi connectivity index (χ1n) is 11.2. The number of carbonyl (C=O) groups is 1. The van der Waals surface area contributed by atoms with Gasteiger partial charge in [-0.15, -0.1) is 0 Å². The number of benzene rings is 2. The molecule has 0 N–H and O–H groups in total. The highest BCUT2D eigenvalue weighted by molar-refractivity contribution is 5.87. The van der Waals surface area contributed by atoms with Crippen LogP contribution in [-0.2, 0) is 16.0 Å². The second kappa shape index (κ2) is 9.37. The molecule has 5 heteroatoms. The molecule has 1 fully saturated rings. The van der Waals surface area contributed by atoms with E-state index in [1.54, 1.807) is 0 Å². The number of nitrogens with zero attached hydrogens (tertiary/aromatic N) is 3. The van der Waals surface area contributed by atoms with E-state index >= 15 is 0 Å². The maximum atomic E-state index is 13.9. The zero-order valence-electron chi connectivity index (χ0n) is 18.0. The van der Waals surface area contributed by atoms with Crippen molar-refractivity contribution in [2.45, 2.75) is 12.3 Å². The number of rotatable bonds is 5. The Morgan fingerprint density at radius 1 is 0.969 bits per heavy atom. The molecule has 0 spiro atoms. The molecule has 1 amide bonds. The summed E-state index contributed by atoms with van der Waals surface area (Å²) in [4.78, 5) is 20.5. The fourth-order valence-electron chi connectivity index (χ4n) is 4.62. The van der Waals surface area contributed by atoms with Crippen LogP contribution in [0.5, 0.6) is 0 Å². The van der Waals surface area contributed by atoms with Crippen LogP contribution >= 0.6 is 0 Å². The second-order valence-corrected chi connectivity index (χ2v) is 8.36. The molecule has 1 aliphatic rings. The number of hydrogen-bond donors (Lipinski definition) is 0. The van der Waals surface area contributed by atoms with Crippen molar-refractivity contribution in [1.29, 1.82) is 0 Å². The third-order valence-electron chi connectivity index (χ3n) is 6.18. The SMILES string of the molecule is O=C(C(c1ccccc1)c1ccccc1)N1CCOC[C@@H](Cc2nccn3cccc23)C1. The summed E-state index contributed by atoms with van der Waals surface area (Å²) >= 11 is 0. The summed E-state index contributed by atoms with van der Waals surface area (Å²) in [6, 6.07) is 24.2. The van der Waals surface area contributed by atoms with Gasteiger partial charge in [0.1, 0.15) is 0 Å². The standard InChI is InChI=1S/C27H27N3O2/c31-27(26(22-8-3-1-4-9-22)23-10-5-2-6-11-23)30-16-17-32-20-21(19-30)18-24-25-12-7-14-29(25)15-13-28-24/h1-15,21,26H,16-20H2/t21-/m0/s1. The maximum Gasteiger partial charge on any atom is 0.234 e. The number of fused-ring (bicyclic) bond motifs is 1. The van der Waals surface area contributed by atoms with Crippen molar-refractivity contribution in [2.24, 2.45) is 5.92 Å². The highest BCUT2D eigenvalue weighted by atomic mass is 16.5. The van der Waals surface area contributed by atoms with Crippen molar-refractivity contribution in [2.75, 3.05) is 26.3 Å². The van der Waals surface area contributed by atoms with E-state index in [1.165, 1.54) is 0 Å². The highest BCUT2D eigenvalue weighted by Gasteiger charge is 2.30. The van der Waals surface area contributed by atoms with Crippen LogP contribution < -0.4 is 0 Å². The van der Waals surface area contributed by atoms with Gasteiger partial charge in [-0.3, -0.25) is 9.78 Å². The lowest BCUT2D eigenvalue weighted by Gasteiger charge is -2.28. The average molecular weight is 426 g/mol. The zero-order chi connectivity index (χ0) is 21.8. The lowest BCUT2D eigenvalue weighted by atomic mass is 9.89. The molecule has 1 saturated heterocycles. The second-order valence-electron chi connectivity index (χ2n) is 8.36. The topological polar surface area (TPSA) is 46.8 Å². The molecule has 2 aromatic carbocycles. The molecule has 5 rings (SSSR count). The van der Waals surface area contributed by atoms with Crippen molar-refractivity contribution in [1.82, 2.24) is 14.3 Å². The molecule has 0 bridgehead atoms. The molecular formula is C27H27N3O2. The molecule has 0 radical (unpaired) electrons. The average Bonchev–Trinajstić information content (AvgIpc) is 3.20. The number of aromatic nitrogens is 2. The van der Waals surface area contributed by atoms with E-state index in [2.05, 4.69) is 15.5 Å². The lowest BCUT2D eigenvalue weighted by molar-refractivity contribution is -0.132. The molecule has 32 heavy (non-hydrogen) atoms. The molecule has 1 aliphatic heterocycles. The number of amides is 1. The molecule has 2 aromatic heterocycles. The van der Waals surface area contributed by atoms with Gasteiger partial charge in [-0.25, -0.2) is 0 Å². The highest BCUT2D eigenvalue weighted by Crippen LogP contribution is 2.28. The summed E-state index contributed by atoms with van der Waals surface area (Å²) in [6.07, 6.45) is 6.61. The van der Waals surface area contributed by atoms with Crippen LogP contribution in [0.15, 0.2) is 91.4 Å². The quantitative estimate of drug-likeness (QED) is 0.482. The lowest BCUT2D eigenvalue weighted by Crippen LogP contribution is -2.40. The normalized spacial score (nSPS) is 16.9. The Kier molecular flexibility index (Phi) is 5.99. The Morgan fingerprint density at radius 3 is 2.41 bits per heavy atom. The Bertz CT molecular complexity index is 1130. The van der Waals surface area contributed by atoms with Gasteiger partial charge in [0, 0.05) is 37.6 Å². The smallest absolute Gasteiger partial charge is 0.234 e. The molecule has 4 aromatic rings. The summed E-state index contributed by atoms with van der Waals surface area (Å²) in [7, 11) is 0. The predicted octanol–water partition coefficient (Wildman–Crippen LogP) is 4.18. The molecule has 0 aliphatic carbocycles. The molecular weight excluding hydrogens is 398 g/mol. The molecule has 0 saturated carbocycles. The van der Waals surface area contributed by atoms with Gasteiger partial charge in [0.05, 0.1) is 30.3 Å². The van der Waals surface area contributed by atoms with Gasteiger partial charge in [0.2, 0.25) is 5.91 Å². The first kappa shape index (κ1) is 20.5. The Morgan fingerprint density at radius 2 is 1.69 bits per heavy atom. The summed E-state index contributed by atoms with van der Waals surface area (Å²) < 4.78 is 8.00. The van der Waals surface area contributed by atoms with E-state index < -0.39 is 0 Å². The third kappa shape index (κ3) is 4.30. The minimum atomic E-state index is -0.316. The summed E-state index contributed by atoms with van der Waals surface area (Å²) in [5.74, 6) is 0.0114.